The summed E-state index contributed by atoms with van der Waals surface area (Å²) >= 11 is 0. The van der Waals surface area contributed by atoms with Crippen LogP contribution >= 0.6 is 0 Å². The molecule has 1 aromatic heterocycles. The van der Waals surface area contributed by atoms with E-state index in [1.807, 2.05) is 43.3 Å². The predicted octanol–water partition coefficient (Wildman–Crippen LogP) is 2.48. The van der Waals surface area contributed by atoms with Gasteiger partial charge in [-0.2, -0.15) is 5.26 Å². The van der Waals surface area contributed by atoms with E-state index in [1.165, 1.54) is 4.90 Å². The van der Waals surface area contributed by atoms with Crippen molar-refractivity contribution in [2.24, 2.45) is 0 Å². The number of hydrogen-bond donors (Lipinski definition) is 1. The molecule has 0 fully saturated rings. The third-order valence-corrected chi connectivity index (χ3v) is 5.01. The molecular formula is C23H19N5O3. The summed E-state index contributed by atoms with van der Waals surface area (Å²) in [6.45, 7) is 1.79. The second kappa shape index (κ2) is 8.24. The van der Waals surface area contributed by atoms with Gasteiger partial charge >= 0.3 is 0 Å². The molecule has 0 saturated carbocycles. The Morgan fingerprint density at radius 2 is 2.03 bits per heavy atom. The molecule has 0 bridgehead atoms. The summed E-state index contributed by atoms with van der Waals surface area (Å²) in [5, 5.41) is 11.8. The second-order valence-electron chi connectivity index (χ2n) is 7.12. The predicted molar refractivity (Wildman–Crippen MR) is 114 cm³/mol. The number of amides is 2. The number of anilines is 1. The third-order valence-electron chi connectivity index (χ3n) is 5.01. The SMILES string of the molecule is Cc1cnc(C(=O)NC2COc3cc(C#N)ccc3N(C)C2=O)nc1-c1ccccc1. The molecule has 0 radical (unpaired) electrons. The van der Waals surface area contributed by atoms with Crippen LogP contribution in [0, 0.1) is 18.3 Å². The van der Waals surface area contributed by atoms with Crippen molar-refractivity contribution in [2.75, 3.05) is 18.6 Å². The fourth-order valence-corrected chi connectivity index (χ4v) is 3.34. The molecule has 2 aromatic carbocycles. The molecule has 0 spiro atoms. The summed E-state index contributed by atoms with van der Waals surface area (Å²) in [7, 11) is 1.59. The molecule has 0 saturated heterocycles. The van der Waals surface area contributed by atoms with Crippen molar-refractivity contribution in [3.8, 4) is 23.1 Å². The van der Waals surface area contributed by atoms with Gasteiger partial charge in [0.25, 0.3) is 11.8 Å². The Morgan fingerprint density at radius 3 is 2.77 bits per heavy atom. The summed E-state index contributed by atoms with van der Waals surface area (Å²) in [5.74, 6) is -0.540. The monoisotopic (exact) mass is 413 g/mol. The highest BCUT2D eigenvalue weighted by Gasteiger charge is 2.31. The second-order valence-corrected chi connectivity index (χ2v) is 7.12. The lowest BCUT2D eigenvalue weighted by Gasteiger charge is -2.20. The lowest BCUT2D eigenvalue weighted by molar-refractivity contribution is -0.120. The van der Waals surface area contributed by atoms with Crippen LogP contribution in [0.15, 0.2) is 54.7 Å². The molecule has 8 heteroatoms. The fraction of sp³-hybridized carbons (Fsp3) is 0.174. The van der Waals surface area contributed by atoms with Crippen molar-refractivity contribution in [1.82, 2.24) is 15.3 Å². The van der Waals surface area contributed by atoms with Crippen molar-refractivity contribution in [2.45, 2.75) is 13.0 Å². The van der Waals surface area contributed by atoms with Crippen LogP contribution in [0.3, 0.4) is 0 Å². The van der Waals surface area contributed by atoms with Crippen molar-refractivity contribution in [3.05, 3.63) is 71.7 Å². The third kappa shape index (κ3) is 3.94. The molecular weight excluding hydrogens is 394 g/mol. The van der Waals surface area contributed by atoms with Gasteiger partial charge in [-0.25, -0.2) is 9.97 Å². The Hall–Kier alpha value is -4.25. The van der Waals surface area contributed by atoms with Gasteiger partial charge in [-0.1, -0.05) is 30.3 Å². The zero-order valence-electron chi connectivity index (χ0n) is 17.0. The lowest BCUT2D eigenvalue weighted by Crippen LogP contribution is -2.49. The van der Waals surface area contributed by atoms with E-state index in [0.29, 0.717) is 22.7 Å². The number of fused-ring (bicyclic) bond motifs is 1. The zero-order valence-corrected chi connectivity index (χ0v) is 17.0. The highest BCUT2D eigenvalue weighted by Crippen LogP contribution is 2.31. The molecule has 3 aromatic rings. The Balaban J connectivity index is 1.57. The van der Waals surface area contributed by atoms with Crippen LogP contribution in [0.1, 0.15) is 21.7 Å². The average molecular weight is 413 g/mol. The normalized spacial score (nSPS) is 15.3. The van der Waals surface area contributed by atoms with E-state index in [4.69, 9.17) is 10.00 Å². The van der Waals surface area contributed by atoms with Crippen molar-refractivity contribution < 1.29 is 14.3 Å². The highest BCUT2D eigenvalue weighted by molar-refractivity contribution is 6.02. The summed E-state index contributed by atoms with van der Waals surface area (Å²) in [5.41, 5.74) is 3.30. The van der Waals surface area contributed by atoms with E-state index in [2.05, 4.69) is 15.3 Å². The number of rotatable bonds is 3. The summed E-state index contributed by atoms with van der Waals surface area (Å²) in [6, 6.07) is 15.4. The topological polar surface area (TPSA) is 108 Å². The molecule has 1 aliphatic heterocycles. The van der Waals surface area contributed by atoms with Crippen LogP contribution in [0.4, 0.5) is 5.69 Å². The maximum Gasteiger partial charge on any atom is 0.289 e. The Morgan fingerprint density at radius 1 is 1.26 bits per heavy atom. The first kappa shape index (κ1) is 20.0. The van der Waals surface area contributed by atoms with Gasteiger partial charge in [-0.15, -0.1) is 0 Å². The lowest BCUT2D eigenvalue weighted by atomic mass is 10.1. The van der Waals surface area contributed by atoms with Crippen LogP contribution in [0.5, 0.6) is 5.75 Å². The van der Waals surface area contributed by atoms with Crippen LogP contribution < -0.4 is 15.0 Å². The first-order valence-electron chi connectivity index (χ1n) is 9.62. The van der Waals surface area contributed by atoms with E-state index >= 15 is 0 Å². The number of benzene rings is 2. The van der Waals surface area contributed by atoms with Crippen LogP contribution in [-0.2, 0) is 4.79 Å². The molecule has 8 nitrogen and oxygen atoms in total. The average Bonchev–Trinajstić information content (AvgIpc) is 2.91. The van der Waals surface area contributed by atoms with Gasteiger partial charge in [0.1, 0.15) is 18.4 Å². The number of likely N-dealkylation sites (N-methyl/N-ethyl adjacent to an activating group) is 1. The number of nitrogens with zero attached hydrogens (tertiary/aromatic N) is 4. The largest absolute Gasteiger partial charge is 0.489 e. The quantitative estimate of drug-likeness (QED) is 0.707. The Bertz CT molecular complexity index is 1200. The summed E-state index contributed by atoms with van der Waals surface area (Å²) in [4.78, 5) is 35.7. The molecule has 0 aliphatic carbocycles. The van der Waals surface area contributed by atoms with Crippen LogP contribution in [0.25, 0.3) is 11.3 Å². The Kier molecular flexibility index (Phi) is 5.33. The van der Waals surface area contributed by atoms with E-state index in [9.17, 15) is 9.59 Å². The fourth-order valence-electron chi connectivity index (χ4n) is 3.34. The maximum atomic E-state index is 12.9. The van der Waals surface area contributed by atoms with Gasteiger partial charge in [-0.05, 0) is 24.6 Å². The number of hydrogen-bond acceptors (Lipinski definition) is 6. The summed E-state index contributed by atoms with van der Waals surface area (Å²) in [6.07, 6.45) is 1.58. The maximum absolute atomic E-state index is 12.9. The molecule has 31 heavy (non-hydrogen) atoms. The van der Waals surface area contributed by atoms with Crippen molar-refractivity contribution in [3.63, 3.8) is 0 Å². The minimum atomic E-state index is -0.930. The molecule has 2 amide bonds. The minimum Gasteiger partial charge on any atom is -0.489 e. The molecule has 1 unspecified atom stereocenters. The molecule has 2 heterocycles. The van der Waals surface area contributed by atoms with Crippen LogP contribution in [-0.4, -0.2) is 41.5 Å². The number of aryl methyl sites for hydroxylation is 1. The first-order valence-corrected chi connectivity index (χ1v) is 9.62. The van der Waals surface area contributed by atoms with Gasteiger partial charge in [0.05, 0.1) is 23.0 Å². The zero-order chi connectivity index (χ0) is 22.0. The molecule has 1 aliphatic rings. The van der Waals surface area contributed by atoms with Gasteiger partial charge in [0.2, 0.25) is 5.82 Å². The molecule has 1 N–H and O–H groups in total. The smallest absolute Gasteiger partial charge is 0.289 e. The van der Waals surface area contributed by atoms with Crippen molar-refractivity contribution >= 4 is 17.5 Å². The van der Waals surface area contributed by atoms with E-state index in [1.54, 1.807) is 31.4 Å². The number of carbonyl (C=O) groups excluding carboxylic acids is 2. The van der Waals surface area contributed by atoms with E-state index in [-0.39, 0.29) is 18.3 Å². The number of nitrogens with one attached hydrogen (secondary N) is 1. The molecule has 154 valence electrons. The number of nitriles is 1. The number of carbonyl (C=O) groups is 2. The van der Waals surface area contributed by atoms with Gasteiger partial charge in [0, 0.05) is 24.9 Å². The van der Waals surface area contributed by atoms with Gasteiger partial charge in [0.15, 0.2) is 0 Å². The number of ether oxygens (including phenoxy) is 1. The standard InChI is InChI=1S/C23H19N5O3/c1-14-12-25-21(27-20(14)16-6-4-3-5-7-16)22(29)26-17-13-31-19-10-15(11-24)8-9-18(19)28(2)23(17)30/h3-10,12,17H,13H2,1-2H3,(H,26,29). The van der Waals surface area contributed by atoms with E-state index < -0.39 is 11.9 Å². The summed E-state index contributed by atoms with van der Waals surface area (Å²) < 4.78 is 5.72. The van der Waals surface area contributed by atoms with Gasteiger partial charge < -0.3 is 15.0 Å². The minimum absolute atomic E-state index is 0.0339. The Labute approximate surface area is 179 Å². The van der Waals surface area contributed by atoms with Crippen molar-refractivity contribution in [1.29, 1.82) is 5.26 Å². The number of aromatic nitrogens is 2. The highest BCUT2D eigenvalue weighted by atomic mass is 16.5. The molecule has 1 atom stereocenters. The van der Waals surface area contributed by atoms with Gasteiger partial charge in [-0.3, -0.25) is 9.59 Å². The van der Waals surface area contributed by atoms with E-state index in [0.717, 1.165) is 11.1 Å². The van der Waals surface area contributed by atoms with Crippen LogP contribution in [0.2, 0.25) is 0 Å². The molecule has 4 rings (SSSR count). The first-order chi connectivity index (χ1) is 15.0.